The van der Waals surface area contributed by atoms with Crippen LogP contribution in [-0.4, -0.2) is 42.4 Å². The number of ether oxygens (including phenoxy) is 2. The molecular weight excluding hydrogens is 637 g/mol. The number of alkyl halides is 13. The zero-order valence-electron chi connectivity index (χ0n) is 21.5. The molecule has 0 aliphatic carbocycles. The van der Waals surface area contributed by atoms with Gasteiger partial charge < -0.3 is 19.4 Å². The number of benzene rings is 3. The molecule has 18 heteroatoms. The van der Waals surface area contributed by atoms with Crippen LogP contribution in [0.3, 0.4) is 0 Å². The van der Waals surface area contributed by atoms with Gasteiger partial charge in [0.1, 0.15) is 18.1 Å². The molecule has 0 aliphatic heterocycles. The normalized spacial score (nSPS) is 13.8. The molecule has 0 amide bonds. The van der Waals surface area contributed by atoms with Crippen molar-refractivity contribution in [2.24, 2.45) is 0 Å². The summed E-state index contributed by atoms with van der Waals surface area (Å²) in [5, 5.41) is 9.89. The average Bonchev–Trinajstić information content (AvgIpc) is 2.90. The van der Waals surface area contributed by atoms with Crippen LogP contribution in [0, 0.1) is 0 Å². The Kier molecular flexibility index (Phi) is 9.77. The van der Waals surface area contributed by atoms with Crippen LogP contribution in [0.1, 0.15) is 11.1 Å². The minimum absolute atomic E-state index is 0.0547. The Morgan fingerprint density at radius 1 is 0.682 bits per heavy atom. The van der Waals surface area contributed by atoms with Crippen molar-refractivity contribution in [3.05, 3.63) is 83.9 Å². The highest BCUT2D eigenvalue weighted by molar-refractivity contribution is 5.50. The number of rotatable bonds is 11. The molecule has 5 nitrogen and oxygen atoms in total. The number of hydroxylamine groups is 1. The molecule has 0 fully saturated rings. The van der Waals surface area contributed by atoms with E-state index < -0.39 is 60.3 Å². The number of halogens is 13. The van der Waals surface area contributed by atoms with Gasteiger partial charge in [0.25, 0.3) is 0 Å². The molecule has 1 atom stereocenters. The van der Waals surface area contributed by atoms with E-state index in [0.29, 0.717) is 16.7 Å². The Balaban J connectivity index is 1.86. The smallest absolute Gasteiger partial charge is 0.489 e. The van der Waals surface area contributed by atoms with Crippen LogP contribution in [-0.2, 0) is 12.5 Å². The van der Waals surface area contributed by atoms with Crippen LogP contribution in [0.4, 0.5) is 62.8 Å². The van der Waals surface area contributed by atoms with Crippen molar-refractivity contribution < 1.29 is 76.5 Å². The summed E-state index contributed by atoms with van der Waals surface area (Å²) in [6.07, 6.45) is -19.9. The molecule has 3 rings (SSSR count). The second kappa shape index (κ2) is 12.5. The van der Waals surface area contributed by atoms with Crippen molar-refractivity contribution in [3.8, 4) is 17.2 Å². The summed E-state index contributed by atoms with van der Waals surface area (Å²) < 4.78 is 179. The van der Waals surface area contributed by atoms with Gasteiger partial charge in [0.15, 0.2) is 11.9 Å². The minimum atomic E-state index is -6.66. The van der Waals surface area contributed by atoms with Crippen molar-refractivity contribution in [1.29, 1.82) is 0 Å². The first kappa shape index (κ1) is 34.4. The number of hydrogen-bond acceptors (Lipinski definition) is 5. The Morgan fingerprint density at radius 3 is 1.84 bits per heavy atom. The molecule has 1 unspecified atom stereocenters. The maximum Gasteiger partial charge on any atom is 0.573 e. The lowest BCUT2D eigenvalue weighted by Gasteiger charge is -2.30. The monoisotopic (exact) mass is 655 g/mol. The lowest BCUT2D eigenvalue weighted by molar-refractivity contribution is -0.359. The van der Waals surface area contributed by atoms with E-state index in [1.807, 2.05) is 0 Å². The Bertz CT molecular complexity index is 1390. The van der Waals surface area contributed by atoms with Crippen molar-refractivity contribution in [2.45, 2.75) is 43.3 Å². The predicted octanol–water partition coefficient (Wildman–Crippen LogP) is 8.18. The van der Waals surface area contributed by atoms with Crippen LogP contribution in [0.2, 0.25) is 0 Å². The van der Waals surface area contributed by atoms with E-state index in [2.05, 4.69) is 4.74 Å². The van der Waals surface area contributed by atoms with Crippen LogP contribution in [0.15, 0.2) is 72.8 Å². The fourth-order valence-corrected chi connectivity index (χ4v) is 3.37. The summed E-state index contributed by atoms with van der Waals surface area (Å²) in [7, 11) is 0. The predicted molar refractivity (Wildman–Crippen MR) is 125 cm³/mol. The summed E-state index contributed by atoms with van der Waals surface area (Å²) in [6.45, 7) is -1.72. The highest BCUT2D eigenvalue weighted by Crippen LogP contribution is 2.52. The summed E-state index contributed by atoms with van der Waals surface area (Å²) in [5.74, 6) is -13.8. The van der Waals surface area contributed by atoms with E-state index in [4.69, 9.17) is 9.57 Å². The van der Waals surface area contributed by atoms with Gasteiger partial charge in [0, 0.05) is 11.6 Å². The molecular formula is C26H18F13NO4. The molecule has 0 heterocycles. The van der Waals surface area contributed by atoms with E-state index >= 15 is 0 Å². The molecule has 0 saturated carbocycles. The minimum Gasteiger partial charge on any atom is -0.489 e. The van der Waals surface area contributed by atoms with Gasteiger partial charge in [-0.1, -0.05) is 30.3 Å². The summed E-state index contributed by atoms with van der Waals surface area (Å²) >= 11 is 0. The van der Waals surface area contributed by atoms with E-state index in [1.54, 1.807) is 0 Å². The molecule has 0 aliphatic rings. The first-order valence-corrected chi connectivity index (χ1v) is 11.8. The Hall–Kier alpha value is -4.09. The molecule has 0 aromatic heterocycles. The fraction of sp³-hybridized carbons (Fsp3) is 0.308. The van der Waals surface area contributed by atoms with Gasteiger partial charge >= 0.3 is 30.6 Å². The lowest BCUT2D eigenvalue weighted by atomic mass is 10.0. The van der Waals surface area contributed by atoms with Gasteiger partial charge in [-0.15, -0.1) is 13.2 Å². The van der Waals surface area contributed by atoms with Crippen molar-refractivity contribution in [3.63, 3.8) is 0 Å². The quantitative estimate of drug-likeness (QED) is 0.167. The first-order valence-electron chi connectivity index (χ1n) is 11.8. The standard InChI is InChI=1S/C26H18F13NO4/c27-22(28,24(32,33)25(34,35)36)16-3-1-6-20(11-16)44-40(13-21(41)23(29,30)31)17-4-2-5-19(12-17)42-14-15-7-9-18(10-8-15)43-26(37,38)39/h1-12,21,41H,13-14H2. The van der Waals surface area contributed by atoms with Crippen LogP contribution < -0.4 is 19.4 Å². The molecule has 3 aromatic carbocycles. The number of nitrogens with zero attached hydrogens (tertiary/aromatic N) is 1. The zero-order valence-corrected chi connectivity index (χ0v) is 21.5. The molecule has 0 bridgehead atoms. The summed E-state index contributed by atoms with van der Waals surface area (Å²) in [5.41, 5.74) is -1.89. The molecule has 0 spiro atoms. The fourth-order valence-electron chi connectivity index (χ4n) is 3.37. The highest BCUT2D eigenvalue weighted by atomic mass is 19.4. The molecule has 0 radical (unpaired) electrons. The zero-order chi connectivity index (χ0) is 33.1. The van der Waals surface area contributed by atoms with Crippen LogP contribution >= 0.6 is 0 Å². The van der Waals surface area contributed by atoms with Crippen LogP contribution in [0.25, 0.3) is 0 Å². The Morgan fingerprint density at radius 2 is 1.27 bits per heavy atom. The third-order valence-corrected chi connectivity index (χ3v) is 5.55. The van der Waals surface area contributed by atoms with E-state index in [-0.39, 0.29) is 30.2 Å². The van der Waals surface area contributed by atoms with Crippen LogP contribution in [0.5, 0.6) is 17.2 Å². The number of aliphatic hydroxyl groups excluding tert-OH is 1. The molecule has 3 aromatic rings. The third-order valence-electron chi connectivity index (χ3n) is 5.55. The first-order chi connectivity index (χ1) is 20.1. The van der Waals surface area contributed by atoms with Crippen molar-refractivity contribution in [1.82, 2.24) is 0 Å². The Labute approximate surface area is 238 Å². The molecule has 1 N–H and O–H groups in total. The summed E-state index contributed by atoms with van der Waals surface area (Å²) in [6, 6.07) is 10.6. The van der Waals surface area contributed by atoms with Gasteiger partial charge in [-0.2, -0.15) is 43.9 Å². The SMILES string of the molecule is OC(CN(Oc1cccc(C(F)(F)C(F)(F)C(F)(F)F)c1)c1cccc(OCc2ccc(OC(F)(F)F)cc2)c1)C(F)(F)F. The van der Waals surface area contributed by atoms with Gasteiger partial charge in [0.2, 0.25) is 0 Å². The van der Waals surface area contributed by atoms with Gasteiger partial charge in [-0.3, -0.25) is 0 Å². The highest BCUT2D eigenvalue weighted by Gasteiger charge is 2.73. The second-order valence-corrected chi connectivity index (χ2v) is 8.86. The van der Waals surface area contributed by atoms with E-state index in [0.717, 1.165) is 30.3 Å². The van der Waals surface area contributed by atoms with Gasteiger partial charge in [-0.25, -0.2) is 5.06 Å². The number of aliphatic hydroxyl groups is 1. The van der Waals surface area contributed by atoms with Gasteiger partial charge in [-0.05, 0) is 42.0 Å². The maximum absolute atomic E-state index is 14.2. The second-order valence-electron chi connectivity index (χ2n) is 8.86. The van der Waals surface area contributed by atoms with Crippen molar-refractivity contribution >= 4 is 5.69 Å². The maximum atomic E-state index is 14.2. The number of anilines is 1. The van der Waals surface area contributed by atoms with E-state index in [1.165, 1.54) is 24.3 Å². The van der Waals surface area contributed by atoms with Gasteiger partial charge in [0.05, 0.1) is 12.2 Å². The molecule has 44 heavy (non-hydrogen) atoms. The van der Waals surface area contributed by atoms with Crippen molar-refractivity contribution in [2.75, 3.05) is 11.6 Å². The third kappa shape index (κ3) is 8.51. The average molecular weight is 655 g/mol. The number of hydrogen-bond donors (Lipinski definition) is 1. The lowest BCUT2D eigenvalue weighted by Crippen LogP contribution is -2.50. The topological polar surface area (TPSA) is 51.2 Å². The van der Waals surface area contributed by atoms with E-state index in [9.17, 15) is 62.2 Å². The summed E-state index contributed by atoms with van der Waals surface area (Å²) in [4.78, 5) is 5.12. The molecule has 0 saturated heterocycles. The molecule has 242 valence electrons. The largest absolute Gasteiger partial charge is 0.573 e.